The van der Waals surface area contributed by atoms with Crippen molar-refractivity contribution in [2.75, 3.05) is 26.3 Å². The fraction of sp³-hybridized carbons (Fsp3) is 0.588. The molecule has 0 radical (unpaired) electrons. The number of benzene rings is 1. The molecule has 0 aliphatic carbocycles. The molecule has 122 valence electrons. The molecule has 0 aromatic heterocycles. The normalized spacial score (nSPS) is 27.7. The summed E-state index contributed by atoms with van der Waals surface area (Å²) in [6, 6.07) is 10.3. The predicted octanol–water partition coefficient (Wildman–Crippen LogP) is 2.18. The molecule has 0 saturated carbocycles. The molecule has 1 amide bonds. The van der Waals surface area contributed by atoms with Gasteiger partial charge >= 0.3 is 0 Å². The van der Waals surface area contributed by atoms with Crippen LogP contribution >= 0.6 is 12.4 Å². The lowest BCUT2D eigenvalue weighted by Gasteiger charge is -2.17. The number of carbonyl (C=O) groups is 1. The van der Waals surface area contributed by atoms with E-state index in [0.29, 0.717) is 18.9 Å². The standard InChI is InChI=1S/C17H24N2O2.ClH/c18-16-11-19(10-15(16)14-4-2-1-3-5-14)17(20)7-6-13-8-9-21-12-13;/h1-5,13,15-16H,6-12,18H2;1H/t13?,15-,16+;/m0./s1. The summed E-state index contributed by atoms with van der Waals surface area (Å²) in [5, 5.41) is 0. The minimum Gasteiger partial charge on any atom is -0.381 e. The molecule has 2 N–H and O–H groups in total. The maximum absolute atomic E-state index is 12.4. The van der Waals surface area contributed by atoms with Gasteiger partial charge in [0.15, 0.2) is 0 Å². The molecule has 3 rings (SSSR count). The Balaban J connectivity index is 0.00000176. The maximum atomic E-state index is 12.4. The van der Waals surface area contributed by atoms with E-state index in [-0.39, 0.29) is 30.3 Å². The SMILES string of the molecule is Cl.N[C@@H]1CN(C(=O)CCC2CCOC2)C[C@H]1c1ccccc1. The Morgan fingerprint density at radius 1 is 1.27 bits per heavy atom. The van der Waals surface area contributed by atoms with E-state index in [4.69, 9.17) is 10.5 Å². The van der Waals surface area contributed by atoms with Gasteiger partial charge in [0.25, 0.3) is 0 Å². The van der Waals surface area contributed by atoms with Crippen molar-refractivity contribution >= 4 is 18.3 Å². The lowest BCUT2D eigenvalue weighted by molar-refractivity contribution is -0.130. The molecule has 2 heterocycles. The number of hydrogen-bond donors (Lipinski definition) is 1. The summed E-state index contributed by atoms with van der Waals surface area (Å²) in [6.45, 7) is 3.10. The van der Waals surface area contributed by atoms with E-state index in [1.807, 2.05) is 23.1 Å². The minimum absolute atomic E-state index is 0. The van der Waals surface area contributed by atoms with Gasteiger partial charge in [-0.05, 0) is 24.3 Å². The van der Waals surface area contributed by atoms with Gasteiger partial charge in [0.2, 0.25) is 5.91 Å². The van der Waals surface area contributed by atoms with Crippen molar-refractivity contribution < 1.29 is 9.53 Å². The van der Waals surface area contributed by atoms with Crippen LogP contribution in [0.3, 0.4) is 0 Å². The van der Waals surface area contributed by atoms with Crippen molar-refractivity contribution in [2.45, 2.75) is 31.2 Å². The number of rotatable bonds is 4. The van der Waals surface area contributed by atoms with Crippen LogP contribution in [-0.2, 0) is 9.53 Å². The number of nitrogens with two attached hydrogens (primary N) is 1. The highest BCUT2D eigenvalue weighted by atomic mass is 35.5. The first-order valence-corrected chi connectivity index (χ1v) is 7.90. The third-order valence-corrected chi connectivity index (χ3v) is 4.74. The second kappa shape index (κ2) is 7.95. The molecule has 0 spiro atoms. The topological polar surface area (TPSA) is 55.6 Å². The zero-order valence-electron chi connectivity index (χ0n) is 12.8. The molecule has 2 aliphatic rings. The fourth-order valence-corrected chi connectivity index (χ4v) is 3.38. The molecule has 4 nitrogen and oxygen atoms in total. The fourth-order valence-electron chi connectivity index (χ4n) is 3.38. The first-order valence-electron chi connectivity index (χ1n) is 7.90. The lowest BCUT2D eigenvalue weighted by Crippen LogP contribution is -2.32. The molecule has 1 unspecified atom stereocenters. The molecule has 22 heavy (non-hydrogen) atoms. The zero-order valence-corrected chi connectivity index (χ0v) is 13.6. The van der Waals surface area contributed by atoms with E-state index in [9.17, 15) is 4.79 Å². The largest absolute Gasteiger partial charge is 0.381 e. The van der Waals surface area contributed by atoms with Crippen LogP contribution in [0.15, 0.2) is 30.3 Å². The van der Waals surface area contributed by atoms with Crippen LogP contribution in [-0.4, -0.2) is 43.2 Å². The molecule has 2 fully saturated rings. The summed E-state index contributed by atoms with van der Waals surface area (Å²) in [5.74, 6) is 1.08. The van der Waals surface area contributed by atoms with Crippen LogP contribution in [0.4, 0.5) is 0 Å². The molecule has 2 aliphatic heterocycles. The summed E-state index contributed by atoms with van der Waals surface area (Å²) >= 11 is 0. The van der Waals surface area contributed by atoms with Crippen molar-refractivity contribution in [3.8, 4) is 0 Å². The minimum atomic E-state index is 0. The number of likely N-dealkylation sites (tertiary alicyclic amines) is 1. The van der Waals surface area contributed by atoms with E-state index < -0.39 is 0 Å². The van der Waals surface area contributed by atoms with Gasteiger partial charge < -0.3 is 15.4 Å². The molecular weight excluding hydrogens is 300 g/mol. The van der Waals surface area contributed by atoms with Crippen LogP contribution in [0, 0.1) is 5.92 Å². The smallest absolute Gasteiger partial charge is 0.222 e. The number of hydrogen-bond acceptors (Lipinski definition) is 3. The van der Waals surface area contributed by atoms with Gasteiger partial charge in [0, 0.05) is 44.7 Å². The first kappa shape index (κ1) is 17.3. The Bertz CT molecular complexity index is 477. The van der Waals surface area contributed by atoms with Crippen LogP contribution in [0.5, 0.6) is 0 Å². The van der Waals surface area contributed by atoms with E-state index in [1.165, 1.54) is 5.56 Å². The molecule has 0 bridgehead atoms. The molecule has 1 aromatic carbocycles. The van der Waals surface area contributed by atoms with E-state index in [1.54, 1.807) is 0 Å². The van der Waals surface area contributed by atoms with Gasteiger partial charge in [-0.25, -0.2) is 0 Å². The van der Waals surface area contributed by atoms with Gasteiger partial charge in [-0.1, -0.05) is 30.3 Å². The molecule has 1 aromatic rings. The van der Waals surface area contributed by atoms with Gasteiger partial charge in [-0.3, -0.25) is 4.79 Å². The highest BCUT2D eigenvalue weighted by molar-refractivity contribution is 5.85. The number of amides is 1. The Morgan fingerprint density at radius 3 is 2.73 bits per heavy atom. The van der Waals surface area contributed by atoms with Gasteiger partial charge in [-0.2, -0.15) is 0 Å². The molecular formula is C17H25ClN2O2. The Kier molecular flexibility index (Phi) is 6.24. The van der Waals surface area contributed by atoms with E-state index >= 15 is 0 Å². The Hall–Kier alpha value is -1.10. The molecule has 2 saturated heterocycles. The zero-order chi connectivity index (χ0) is 14.7. The highest BCUT2D eigenvalue weighted by Crippen LogP contribution is 2.27. The van der Waals surface area contributed by atoms with Crippen LogP contribution in [0.2, 0.25) is 0 Å². The van der Waals surface area contributed by atoms with Crippen molar-refractivity contribution in [2.24, 2.45) is 11.7 Å². The summed E-state index contributed by atoms with van der Waals surface area (Å²) in [4.78, 5) is 14.3. The second-order valence-electron chi connectivity index (χ2n) is 6.25. The first-order chi connectivity index (χ1) is 10.2. The van der Waals surface area contributed by atoms with Crippen LogP contribution < -0.4 is 5.73 Å². The lowest BCUT2D eigenvalue weighted by atomic mass is 9.95. The number of ether oxygens (including phenoxy) is 1. The molecule has 5 heteroatoms. The van der Waals surface area contributed by atoms with Crippen molar-refractivity contribution in [3.05, 3.63) is 35.9 Å². The average Bonchev–Trinajstić information content (AvgIpc) is 3.15. The quantitative estimate of drug-likeness (QED) is 0.923. The summed E-state index contributed by atoms with van der Waals surface area (Å²) in [7, 11) is 0. The third-order valence-electron chi connectivity index (χ3n) is 4.74. The Morgan fingerprint density at radius 2 is 2.05 bits per heavy atom. The summed E-state index contributed by atoms with van der Waals surface area (Å²) in [5.41, 5.74) is 7.48. The second-order valence-corrected chi connectivity index (χ2v) is 6.25. The van der Waals surface area contributed by atoms with E-state index in [2.05, 4.69) is 12.1 Å². The Labute approximate surface area is 138 Å². The number of halogens is 1. The average molecular weight is 325 g/mol. The number of nitrogens with zero attached hydrogens (tertiary/aromatic N) is 1. The summed E-state index contributed by atoms with van der Waals surface area (Å²) in [6.07, 6.45) is 2.67. The predicted molar refractivity (Wildman–Crippen MR) is 89.1 cm³/mol. The third kappa shape index (κ3) is 4.00. The van der Waals surface area contributed by atoms with Gasteiger partial charge in [0.1, 0.15) is 0 Å². The van der Waals surface area contributed by atoms with Gasteiger partial charge in [-0.15, -0.1) is 12.4 Å². The van der Waals surface area contributed by atoms with Crippen molar-refractivity contribution in [1.82, 2.24) is 4.90 Å². The summed E-state index contributed by atoms with van der Waals surface area (Å²) < 4.78 is 5.36. The van der Waals surface area contributed by atoms with Gasteiger partial charge in [0.05, 0.1) is 0 Å². The number of carbonyl (C=O) groups excluding carboxylic acids is 1. The van der Waals surface area contributed by atoms with Crippen LogP contribution in [0.25, 0.3) is 0 Å². The highest BCUT2D eigenvalue weighted by Gasteiger charge is 2.33. The maximum Gasteiger partial charge on any atom is 0.222 e. The van der Waals surface area contributed by atoms with Crippen molar-refractivity contribution in [3.63, 3.8) is 0 Å². The molecule has 3 atom stereocenters. The van der Waals surface area contributed by atoms with Crippen LogP contribution in [0.1, 0.15) is 30.7 Å². The monoisotopic (exact) mass is 324 g/mol. The van der Waals surface area contributed by atoms with E-state index in [0.717, 1.165) is 32.6 Å². The van der Waals surface area contributed by atoms with Crippen molar-refractivity contribution in [1.29, 1.82) is 0 Å².